The number of terminal acetylenes is 1. The molecule has 11 heteroatoms. The number of nitrogens with zero attached hydrogens (tertiary/aromatic N) is 1. The topological polar surface area (TPSA) is 84.9 Å². The minimum Gasteiger partial charge on any atom is -0.493 e. The molecule has 0 radical (unpaired) electrons. The van der Waals surface area contributed by atoms with Gasteiger partial charge in [-0.2, -0.15) is 0 Å². The van der Waals surface area contributed by atoms with Crippen LogP contribution in [0.1, 0.15) is 5.56 Å². The van der Waals surface area contributed by atoms with E-state index in [0.29, 0.717) is 33.3 Å². The number of carbonyl (C=O) groups excluding carboxylic acids is 3. The zero-order valence-electron chi connectivity index (χ0n) is 17.0. The molecule has 0 atom stereocenters. The maximum absolute atomic E-state index is 13.3. The molecule has 1 aliphatic heterocycles. The molecule has 170 valence electrons. The second kappa shape index (κ2) is 10.7. The summed E-state index contributed by atoms with van der Waals surface area (Å²) in [5.74, 6) is 1.09. The van der Waals surface area contributed by atoms with Gasteiger partial charge in [-0.15, -0.1) is 6.42 Å². The van der Waals surface area contributed by atoms with Gasteiger partial charge in [0, 0.05) is 15.7 Å². The summed E-state index contributed by atoms with van der Waals surface area (Å²) >= 11 is 9.73. The van der Waals surface area contributed by atoms with E-state index in [2.05, 4.69) is 27.2 Å². The number of ether oxygens (including phenoxy) is 2. The third-order valence-electron chi connectivity index (χ3n) is 4.23. The molecule has 1 fully saturated rings. The predicted molar refractivity (Wildman–Crippen MR) is 128 cm³/mol. The zero-order chi connectivity index (χ0) is 24.1. The maximum Gasteiger partial charge on any atom is 0.294 e. The van der Waals surface area contributed by atoms with Crippen molar-refractivity contribution in [3.05, 3.63) is 56.1 Å². The largest absolute Gasteiger partial charge is 0.493 e. The van der Waals surface area contributed by atoms with Crippen molar-refractivity contribution >= 4 is 68.1 Å². The van der Waals surface area contributed by atoms with Crippen molar-refractivity contribution in [2.75, 3.05) is 25.6 Å². The number of hydrogen-bond acceptors (Lipinski definition) is 6. The summed E-state index contributed by atoms with van der Waals surface area (Å²) in [6, 6.07) is 6.97. The summed E-state index contributed by atoms with van der Waals surface area (Å²) in [5, 5.41) is 1.68. The highest BCUT2D eigenvalue weighted by atomic mass is 79.9. The van der Waals surface area contributed by atoms with Gasteiger partial charge in [0.15, 0.2) is 11.5 Å². The van der Waals surface area contributed by atoms with Gasteiger partial charge >= 0.3 is 0 Å². The summed E-state index contributed by atoms with van der Waals surface area (Å²) in [4.78, 5) is 38.4. The van der Waals surface area contributed by atoms with Gasteiger partial charge in [-0.25, -0.2) is 4.39 Å². The Morgan fingerprint density at radius 2 is 2.12 bits per heavy atom. The number of imide groups is 1. The van der Waals surface area contributed by atoms with Gasteiger partial charge in [-0.3, -0.25) is 19.3 Å². The van der Waals surface area contributed by atoms with Crippen molar-refractivity contribution in [2.45, 2.75) is 0 Å². The monoisotopic (exact) mass is 552 g/mol. The van der Waals surface area contributed by atoms with Gasteiger partial charge < -0.3 is 14.8 Å². The Kier molecular flexibility index (Phi) is 8.02. The van der Waals surface area contributed by atoms with E-state index in [1.807, 2.05) is 0 Å². The SMILES string of the molecule is C#CCOc1c(/C=C2/SC(=O)N(CC(=O)Nc3ccc(F)c(Cl)c3)C2=O)cc(Br)cc1OC. The summed E-state index contributed by atoms with van der Waals surface area (Å²) in [5.41, 5.74) is 0.679. The van der Waals surface area contributed by atoms with Crippen LogP contribution in [-0.2, 0) is 9.59 Å². The second-order valence-corrected chi connectivity index (χ2v) is 8.78. The van der Waals surface area contributed by atoms with E-state index in [4.69, 9.17) is 27.5 Å². The van der Waals surface area contributed by atoms with Crippen molar-refractivity contribution < 1.29 is 28.2 Å². The molecule has 0 spiro atoms. The molecule has 3 amide bonds. The van der Waals surface area contributed by atoms with Crippen molar-refractivity contribution in [1.82, 2.24) is 4.90 Å². The first-order chi connectivity index (χ1) is 15.7. The van der Waals surface area contributed by atoms with Gasteiger partial charge in [-0.05, 0) is 48.2 Å². The molecule has 0 aliphatic carbocycles. The smallest absolute Gasteiger partial charge is 0.294 e. The van der Waals surface area contributed by atoms with E-state index in [1.54, 1.807) is 12.1 Å². The highest BCUT2D eigenvalue weighted by Gasteiger charge is 2.36. The number of halogens is 3. The first kappa shape index (κ1) is 24.6. The Labute approximate surface area is 206 Å². The van der Waals surface area contributed by atoms with Crippen molar-refractivity contribution in [1.29, 1.82) is 0 Å². The van der Waals surface area contributed by atoms with Gasteiger partial charge in [0.05, 0.1) is 17.0 Å². The summed E-state index contributed by atoms with van der Waals surface area (Å²) in [6.45, 7) is -0.562. The molecule has 0 unspecified atom stereocenters. The van der Waals surface area contributed by atoms with Crippen molar-refractivity contribution in [2.24, 2.45) is 0 Å². The average molecular weight is 554 g/mol. The third-order valence-corrected chi connectivity index (χ3v) is 5.89. The number of rotatable bonds is 7. The molecule has 0 bridgehead atoms. The van der Waals surface area contributed by atoms with Gasteiger partial charge in [-0.1, -0.05) is 33.5 Å². The highest BCUT2D eigenvalue weighted by molar-refractivity contribution is 9.10. The molecule has 33 heavy (non-hydrogen) atoms. The zero-order valence-corrected chi connectivity index (χ0v) is 20.1. The maximum atomic E-state index is 13.3. The molecule has 2 aromatic rings. The molecule has 1 N–H and O–H groups in total. The van der Waals surface area contributed by atoms with Crippen molar-refractivity contribution in [3.8, 4) is 23.8 Å². The van der Waals surface area contributed by atoms with E-state index in [-0.39, 0.29) is 22.2 Å². The Balaban J connectivity index is 1.81. The Hall–Kier alpha value is -3.00. The lowest BCUT2D eigenvalue weighted by molar-refractivity contribution is -0.127. The number of carbonyl (C=O) groups is 3. The second-order valence-electron chi connectivity index (χ2n) is 6.46. The average Bonchev–Trinajstić information content (AvgIpc) is 3.02. The normalized spacial score (nSPS) is 14.4. The fourth-order valence-electron chi connectivity index (χ4n) is 2.81. The van der Waals surface area contributed by atoms with Crippen LogP contribution in [0, 0.1) is 18.2 Å². The quantitative estimate of drug-likeness (QED) is 0.386. The number of anilines is 1. The van der Waals surface area contributed by atoms with Gasteiger partial charge in [0.25, 0.3) is 11.1 Å². The van der Waals surface area contributed by atoms with Gasteiger partial charge in [0.2, 0.25) is 5.91 Å². The van der Waals surface area contributed by atoms with Crippen LogP contribution in [0.4, 0.5) is 14.9 Å². The molecule has 2 aromatic carbocycles. The van der Waals surface area contributed by atoms with Crippen molar-refractivity contribution in [3.63, 3.8) is 0 Å². The van der Waals surface area contributed by atoms with Crippen LogP contribution < -0.4 is 14.8 Å². The van der Waals surface area contributed by atoms with E-state index in [1.165, 1.54) is 25.3 Å². The standard InChI is InChI=1S/C22H15BrClFN2O5S/c1-3-6-32-20-12(7-13(23)9-17(20)31-2)8-18-21(29)27(22(30)33-18)11-19(28)26-14-4-5-16(25)15(24)10-14/h1,4-5,7-10H,6,11H2,2H3,(H,26,28)/b18-8+. The number of thioether (sulfide) groups is 1. The van der Waals surface area contributed by atoms with Gasteiger partial charge in [0.1, 0.15) is 19.0 Å². The fraction of sp³-hybridized carbons (Fsp3) is 0.136. The Morgan fingerprint density at radius 3 is 2.79 bits per heavy atom. The minimum atomic E-state index is -0.654. The highest BCUT2D eigenvalue weighted by Crippen LogP contribution is 2.39. The third kappa shape index (κ3) is 5.87. The molecule has 0 saturated carbocycles. The first-order valence-corrected chi connectivity index (χ1v) is 11.2. The summed E-state index contributed by atoms with van der Waals surface area (Å²) in [7, 11) is 1.45. The van der Waals surface area contributed by atoms with E-state index >= 15 is 0 Å². The van der Waals surface area contributed by atoms with E-state index in [9.17, 15) is 18.8 Å². The molecule has 0 aromatic heterocycles. The number of nitrogens with one attached hydrogen (secondary N) is 1. The van der Waals surface area contributed by atoms with Crippen LogP contribution in [0.5, 0.6) is 11.5 Å². The predicted octanol–water partition coefficient (Wildman–Crippen LogP) is 4.94. The fourth-order valence-corrected chi connectivity index (χ4v) is 4.28. The summed E-state index contributed by atoms with van der Waals surface area (Å²) < 4.78 is 24.8. The van der Waals surface area contributed by atoms with Crippen LogP contribution in [0.25, 0.3) is 6.08 Å². The molecule has 3 rings (SSSR count). The lowest BCUT2D eigenvalue weighted by Crippen LogP contribution is -2.36. The molecule has 1 saturated heterocycles. The number of hydrogen-bond donors (Lipinski definition) is 1. The van der Waals surface area contributed by atoms with E-state index in [0.717, 1.165) is 11.0 Å². The summed E-state index contributed by atoms with van der Waals surface area (Å²) in [6.07, 6.45) is 6.73. The Morgan fingerprint density at radius 1 is 1.36 bits per heavy atom. The lowest BCUT2D eigenvalue weighted by Gasteiger charge is -2.13. The Bertz CT molecular complexity index is 1210. The molecular formula is C22H15BrClFN2O5S. The lowest BCUT2D eigenvalue weighted by atomic mass is 10.1. The van der Waals surface area contributed by atoms with Crippen LogP contribution in [0.15, 0.2) is 39.7 Å². The molecule has 1 aliphatic rings. The van der Waals surface area contributed by atoms with Crippen LogP contribution in [0.3, 0.4) is 0 Å². The molecular weight excluding hydrogens is 539 g/mol. The minimum absolute atomic E-state index is 0.0338. The van der Waals surface area contributed by atoms with Crippen LogP contribution in [-0.4, -0.2) is 42.2 Å². The molecule has 7 nitrogen and oxygen atoms in total. The van der Waals surface area contributed by atoms with Crippen LogP contribution in [0.2, 0.25) is 5.02 Å². The first-order valence-electron chi connectivity index (χ1n) is 9.17. The van der Waals surface area contributed by atoms with E-state index < -0.39 is 29.4 Å². The number of amides is 3. The molecule has 1 heterocycles. The van der Waals surface area contributed by atoms with Crippen LogP contribution >= 0.6 is 39.3 Å². The number of benzene rings is 2. The number of methoxy groups -OCH3 is 1.